The molecule has 0 saturated heterocycles. The first-order valence-electron chi connectivity index (χ1n) is 6.53. The van der Waals surface area contributed by atoms with Crippen LogP contribution in [0.25, 0.3) is 0 Å². The molecule has 18 heavy (non-hydrogen) atoms. The molecular weight excluding hydrogens is 269 g/mol. The van der Waals surface area contributed by atoms with Crippen LogP contribution in [0.5, 0.6) is 0 Å². The van der Waals surface area contributed by atoms with Gasteiger partial charge in [-0.1, -0.05) is 48.5 Å². The maximum absolute atomic E-state index is 10.0. The van der Waals surface area contributed by atoms with Crippen molar-refractivity contribution >= 4 is 23.2 Å². The quantitative estimate of drug-likeness (QED) is 0.830. The van der Waals surface area contributed by atoms with E-state index < -0.39 is 0 Å². The first kappa shape index (κ1) is 14.1. The van der Waals surface area contributed by atoms with Gasteiger partial charge in [-0.25, -0.2) is 0 Å². The molecule has 100 valence electrons. The minimum absolute atomic E-state index is 0.153. The van der Waals surface area contributed by atoms with Crippen molar-refractivity contribution in [2.24, 2.45) is 0 Å². The molecule has 2 rings (SSSR count). The summed E-state index contributed by atoms with van der Waals surface area (Å²) >= 11 is 12.3. The van der Waals surface area contributed by atoms with Crippen LogP contribution in [0.1, 0.15) is 37.7 Å². The average Bonchev–Trinajstić information content (AvgIpc) is 2.54. The summed E-state index contributed by atoms with van der Waals surface area (Å²) in [6.45, 7) is 0.611. The van der Waals surface area contributed by atoms with Crippen LogP contribution in [0, 0.1) is 0 Å². The van der Waals surface area contributed by atoms with Crippen LogP contribution in [-0.4, -0.2) is 17.3 Å². The minimum Gasteiger partial charge on any atom is -0.392 e. The van der Waals surface area contributed by atoms with E-state index in [-0.39, 0.29) is 12.1 Å². The fraction of sp³-hybridized carbons (Fsp3) is 0.571. The van der Waals surface area contributed by atoms with Crippen molar-refractivity contribution in [2.45, 2.75) is 50.8 Å². The summed E-state index contributed by atoms with van der Waals surface area (Å²) in [6, 6.07) is 5.68. The second kappa shape index (κ2) is 6.76. The SMILES string of the molecule is OC1CCCCCC1NCc1c(Cl)cccc1Cl. The number of rotatable bonds is 3. The molecule has 0 heterocycles. The summed E-state index contributed by atoms with van der Waals surface area (Å²) in [6.07, 6.45) is 5.14. The third kappa shape index (κ3) is 3.61. The number of halogens is 2. The van der Waals surface area contributed by atoms with Gasteiger partial charge < -0.3 is 10.4 Å². The Bertz CT molecular complexity index is 377. The topological polar surface area (TPSA) is 32.3 Å². The van der Waals surface area contributed by atoms with E-state index in [0.29, 0.717) is 16.6 Å². The van der Waals surface area contributed by atoms with Gasteiger partial charge >= 0.3 is 0 Å². The summed E-state index contributed by atoms with van der Waals surface area (Å²) in [5, 5.41) is 14.8. The lowest BCUT2D eigenvalue weighted by Gasteiger charge is -2.22. The van der Waals surface area contributed by atoms with Gasteiger partial charge in [-0.2, -0.15) is 0 Å². The third-order valence-electron chi connectivity index (χ3n) is 3.58. The Morgan fingerprint density at radius 3 is 2.50 bits per heavy atom. The Hall–Kier alpha value is -0.280. The standard InChI is InChI=1S/C14H19Cl2NO/c15-11-5-4-6-12(16)10(11)9-17-13-7-2-1-3-8-14(13)18/h4-6,13-14,17-18H,1-3,7-9H2. The molecule has 2 nitrogen and oxygen atoms in total. The highest BCUT2D eigenvalue weighted by molar-refractivity contribution is 6.35. The zero-order valence-corrected chi connectivity index (χ0v) is 11.8. The molecule has 4 heteroatoms. The molecule has 1 saturated carbocycles. The normalized spacial score (nSPS) is 24.8. The van der Waals surface area contributed by atoms with Crippen LogP contribution >= 0.6 is 23.2 Å². The number of aliphatic hydroxyl groups is 1. The van der Waals surface area contributed by atoms with Crippen LogP contribution < -0.4 is 5.32 Å². The van der Waals surface area contributed by atoms with Gasteiger partial charge in [0.2, 0.25) is 0 Å². The molecule has 2 atom stereocenters. The second-order valence-electron chi connectivity index (χ2n) is 4.89. The minimum atomic E-state index is -0.256. The van der Waals surface area contributed by atoms with Gasteiger partial charge in [0.05, 0.1) is 6.10 Å². The maximum Gasteiger partial charge on any atom is 0.0693 e. The monoisotopic (exact) mass is 287 g/mol. The van der Waals surface area contributed by atoms with Gasteiger partial charge in [0.15, 0.2) is 0 Å². The molecule has 2 N–H and O–H groups in total. The Labute approximate surface area is 118 Å². The van der Waals surface area contributed by atoms with Gasteiger partial charge in [-0.05, 0) is 25.0 Å². The van der Waals surface area contributed by atoms with Gasteiger partial charge in [0.1, 0.15) is 0 Å². The van der Waals surface area contributed by atoms with E-state index in [1.807, 2.05) is 18.2 Å². The zero-order valence-electron chi connectivity index (χ0n) is 10.3. The van der Waals surface area contributed by atoms with Crippen LogP contribution in [0.4, 0.5) is 0 Å². The van der Waals surface area contributed by atoms with Crippen molar-refractivity contribution in [3.05, 3.63) is 33.8 Å². The van der Waals surface area contributed by atoms with Crippen molar-refractivity contribution in [2.75, 3.05) is 0 Å². The summed E-state index contributed by atoms with van der Waals surface area (Å²) in [4.78, 5) is 0. The van der Waals surface area contributed by atoms with E-state index in [1.165, 1.54) is 12.8 Å². The Balaban J connectivity index is 1.98. The van der Waals surface area contributed by atoms with E-state index >= 15 is 0 Å². The molecule has 0 aliphatic heterocycles. The summed E-state index contributed by atoms with van der Waals surface area (Å²) < 4.78 is 0. The first-order chi connectivity index (χ1) is 8.68. The lowest BCUT2D eigenvalue weighted by molar-refractivity contribution is 0.119. The Morgan fingerprint density at radius 2 is 1.78 bits per heavy atom. The fourth-order valence-electron chi connectivity index (χ4n) is 2.46. The van der Waals surface area contributed by atoms with Crippen LogP contribution in [0.2, 0.25) is 10.0 Å². The number of benzene rings is 1. The number of nitrogens with one attached hydrogen (secondary N) is 1. The third-order valence-corrected chi connectivity index (χ3v) is 4.29. The highest BCUT2D eigenvalue weighted by Gasteiger charge is 2.21. The van der Waals surface area contributed by atoms with E-state index in [1.54, 1.807) is 0 Å². The molecular formula is C14H19Cl2NO. The zero-order chi connectivity index (χ0) is 13.0. The first-order valence-corrected chi connectivity index (χ1v) is 7.28. The van der Waals surface area contributed by atoms with Crippen molar-refractivity contribution in [1.29, 1.82) is 0 Å². The van der Waals surface area contributed by atoms with Crippen molar-refractivity contribution in [1.82, 2.24) is 5.32 Å². The highest BCUT2D eigenvalue weighted by atomic mass is 35.5. The van der Waals surface area contributed by atoms with Crippen molar-refractivity contribution < 1.29 is 5.11 Å². The molecule has 0 spiro atoms. The summed E-state index contributed by atoms with van der Waals surface area (Å²) in [5.41, 5.74) is 0.914. The van der Waals surface area contributed by atoms with Crippen molar-refractivity contribution in [3.63, 3.8) is 0 Å². The van der Waals surface area contributed by atoms with Crippen LogP contribution in [0.15, 0.2) is 18.2 Å². The molecule has 0 aromatic heterocycles. The molecule has 1 aliphatic carbocycles. The number of hydrogen-bond donors (Lipinski definition) is 2. The maximum atomic E-state index is 10.0. The second-order valence-corrected chi connectivity index (χ2v) is 5.71. The predicted molar refractivity (Wildman–Crippen MR) is 76.2 cm³/mol. The van der Waals surface area contributed by atoms with Gasteiger partial charge in [-0.3, -0.25) is 0 Å². The smallest absolute Gasteiger partial charge is 0.0693 e. The highest BCUT2D eigenvalue weighted by Crippen LogP contribution is 2.25. The summed E-state index contributed by atoms with van der Waals surface area (Å²) in [5.74, 6) is 0. The molecule has 1 aromatic rings. The number of aliphatic hydroxyl groups excluding tert-OH is 1. The fourth-order valence-corrected chi connectivity index (χ4v) is 2.99. The molecule has 1 fully saturated rings. The lowest BCUT2D eigenvalue weighted by atomic mass is 10.1. The van der Waals surface area contributed by atoms with Gasteiger partial charge in [0, 0.05) is 28.2 Å². The number of hydrogen-bond acceptors (Lipinski definition) is 2. The van der Waals surface area contributed by atoms with Gasteiger partial charge in [-0.15, -0.1) is 0 Å². The van der Waals surface area contributed by atoms with Crippen LogP contribution in [-0.2, 0) is 6.54 Å². The van der Waals surface area contributed by atoms with E-state index in [9.17, 15) is 5.11 Å². The van der Waals surface area contributed by atoms with E-state index in [2.05, 4.69) is 5.32 Å². The Kier molecular flexibility index (Phi) is 5.31. The largest absolute Gasteiger partial charge is 0.392 e. The van der Waals surface area contributed by atoms with E-state index in [0.717, 1.165) is 24.8 Å². The van der Waals surface area contributed by atoms with E-state index in [4.69, 9.17) is 23.2 Å². The van der Waals surface area contributed by atoms with Crippen molar-refractivity contribution in [3.8, 4) is 0 Å². The summed E-state index contributed by atoms with van der Waals surface area (Å²) in [7, 11) is 0. The molecule has 0 radical (unpaired) electrons. The molecule has 1 aliphatic rings. The Morgan fingerprint density at radius 1 is 1.11 bits per heavy atom. The lowest BCUT2D eigenvalue weighted by Crippen LogP contribution is -2.38. The predicted octanol–water partition coefficient (Wildman–Crippen LogP) is 3.78. The average molecular weight is 288 g/mol. The molecule has 1 aromatic carbocycles. The van der Waals surface area contributed by atoms with Gasteiger partial charge in [0.25, 0.3) is 0 Å². The molecule has 2 unspecified atom stereocenters. The molecule has 0 amide bonds. The van der Waals surface area contributed by atoms with Crippen LogP contribution in [0.3, 0.4) is 0 Å². The molecule has 0 bridgehead atoms.